The highest BCUT2D eigenvalue weighted by atomic mass is 19.4. The van der Waals surface area contributed by atoms with Gasteiger partial charge in [0.15, 0.2) is 0 Å². The average Bonchev–Trinajstić information content (AvgIpc) is 2.44. The number of hydrogen-bond acceptors (Lipinski definition) is 3. The monoisotopic (exact) mass is 315 g/mol. The third-order valence-corrected chi connectivity index (χ3v) is 4.59. The molecule has 1 unspecified atom stereocenters. The fraction of sp³-hybridized carbons (Fsp3) is 0.625. The van der Waals surface area contributed by atoms with Crippen molar-refractivity contribution < 1.29 is 22.7 Å². The summed E-state index contributed by atoms with van der Waals surface area (Å²) in [6, 6.07) is 3.07. The van der Waals surface area contributed by atoms with Gasteiger partial charge in [-0.1, -0.05) is 6.07 Å². The lowest BCUT2D eigenvalue weighted by Gasteiger charge is -2.33. The number of rotatable bonds is 2. The van der Waals surface area contributed by atoms with E-state index in [1.165, 1.54) is 13.2 Å². The van der Waals surface area contributed by atoms with Gasteiger partial charge < -0.3 is 4.74 Å². The smallest absolute Gasteiger partial charge is 0.399 e. The summed E-state index contributed by atoms with van der Waals surface area (Å²) in [6.07, 6.45) is -2.92. The van der Waals surface area contributed by atoms with Crippen molar-refractivity contribution in [2.45, 2.75) is 51.6 Å². The Balaban J connectivity index is 2.35. The fourth-order valence-corrected chi connectivity index (χ4v) is 2.72. The number of methoxy groups -OCH3 is 1. The standard InChI is InChI=1S/C16H20F3NO2/c1-14(2,16(17,18)19)12-6-5-10-9-15(3,13(21)22-4)8-7-11(10)20-12/h5-6H,7-9H2,1-4H3. The summed E-state index contributed by atoms with van der Waals surface area (Å²) in [7, 11) is 1.34. The molecule has 0 amide bonds. The van der Waals surface area contributed by atoms with E-state index in [-0.39, 0.29) is 11.7 Å². The SMILES string of the molecule is COC(=O)C1(C)CCc2nc(C(C)(C)C(F)(F)F)ccc2C1. The molecule has 1 aliphatic rings. The summed E-state index contributed by atoms with van der Waals surface area (Å²) < 4.78 is 44.2. The molecule has 1 aliphatic carbocycles. The molecule has 6 heteroatoms. The predicted molar refractivity (Wildman–Crippen MR) is 75.5 cm³/mol. The van der Waals surface area contributed by atoms with Crippen molar-refractivity contribution in [2.24, 2.45) is 5.41 Å². The summed E-state index contributed by atoms with van der Waals surface area (Å²) >= 11 is 0. The molecule has 3 nitrogen and oxygen atoms in total. The van der Waals surface area contributed by atoms with Gasteiger partial charge in [-0.25, -0.2) is 0 Å². The molecule has 0 fully saturated rings. The number of nitrogens with zero attached hydrogens (tertiary/aromatic N) is 1. The Labute approximate surface area is 127 Å². The van der Waals surface area contributed by atoms with E-state index in [0.29, 0.717) is 25.0 Å². The van der Waals surface area contributed by atoms with Crippen molar-refractivity contribution in [3.63, 3.8) is 0 Å². The van der Waals surface area contributed by atoms with Crippen LogP contribution in [0.2, 0.25) is 0 Å². The second-order valence-corrected chi connectivity index (χ2v) is 6.65. The minimum Gasteiger partial charge on any atom is -0.469 e. The van der Waals surface area contributed by atoms with Crippen LogP contribution >= 0.6 is 0 Å². The topological polar surface area (TPSA) is 39.2 Å². The van der Waals surface area contributed by atoms with Crippen LogP contribution in [-0.2, 0) is 27.8 Å². The zero-order chi connectivity index (χ0) is 16.8. The maximum atomic E-state index is 13.1. The van der Waals surface area contributed by atoms with E-state index in [0.717, 1.165) is 19.4 Å². The van der Waals surface area contributed by atoms with E-state index < -0.39 is 17.0 Å². The summed E-state index contributed by atoms with van der Waals surface area (Å²) in [5, 5.41) is 0. The molecule has 0 N–H and O–H groups in total. The molecule has 0 spiro atoms. The second-order valence-electron chi connectivity index (χ2n) is 6.65. The Bertz CT molecular complexity index is 596. The van der Waals surface area contributed by atoms with Gasteiger partial charge in [-0.15, -0.1) is 0 Å². The Morgan fingerprint density at radius 3 is 2.50 bits per heavy atom. The molecular weight excluding hydrogens is 295 g/mol. The van der Waals surface area contributed by atoms with Gasteiger partial charge in [0.25, 0.3) is 0 Å². The number of carbonyl (C=O) groups is 1. The molecule has 0 radical (unpaired) electrons. The van der Waals surface area contributed by atoms with Crippen LogP contribution in [0.1, 0.15) is 44.1 Å². The molecule has 1 aromatic rings. The molecule has 1 aromatic heterocycles. The van der Waals surface area contributed by atoms with Crippen LogP contribution in [0.5, 0.6) is 0 Å². The Morgan fingerprint density at radius 2 is 1.95 bits per heavy atom. The van der Waals surface area contributed by atoms with Crippen molar-refractivity contribution in [3.8, 4) is 0 Å². The zero-order valence-corrected chi connectivity index (χ0v) is 13.2. The number of fused-ring (bicyclic) bond motifs is 1. The van der Waals surface area contributed by atoms with Gasteiger partial charge in [0.1, 0.15) is 5.41 Å². The van der Waals surface area contributed by atoms with Gasteiger partial charge in [0.2, 0.25) is 0 Å². The number of ether oxygens (including phenoxy) is 1. The first-order valence-electron chi connectivity index (χ1n) is 7.16. The Hall–Kier alpha value is -1.59. The minimum atomic E-state index is -4.36. The van der Waals surface area contributed by atoms with Gasteiger partial charge >= 0.3 is 12.1 Å². The molecule has 0 aromatic carbocycles. The summed E-state index contributed by atoms with van der Waals surface area (Å²) in [5.41, 5.74) is -1.15. The first-order valence-corrected chi connectivity index (χ1v) is 7.16. The van der Waals surface area contributed by atoms with Gasteiger partial charge in [0.05, 0.1) is 18.2 Å². The highest BCUT2D eigenvalue weighted by molar-refractivity contribution is 5.77. The Kier molecular flexibility index (Phi) is 4.00. The first-order chi connectivity index (χ1) is 10.0. The third-order valence-electron chi connectivity index (χ3n) is 4.59. The van der Waals surface area contributed by atoms with E-state index in [1.807, 2.05) is 6.92 Å². The molecule has 1 atom stereocenters. The number of alkyl halides is 3. The lowest BCUT2D eigenvalue weighted by Crippen LogP contribution is -2.39. The number of hydrogen-bond donors (Lipinski definition) is 0. The highest BCUT2D eigenvalue weighted by Crippen LogP contribution is 2.41. The number of pyridine rings is 1. The lowest BCUT2D eigenvalue weighted by molar-refractivity contribution is -0.181. The molecule has 0 saturated heterocycles. The summed E-state index contributed by atoms with van der Waals surface area (Å²) in [5.74, 6) is -0.294. The molecule has 122 valence electrons. The first kappa shape index (κ1) is 16.8. The zero-order valence-electron chi connectivity index (χ0n) is 13.2. The quantitative estimate of drug-likeness (QED) is 0.783. The van der Waals surface area contributed by atoms with Crippen LogP contribution in [-0.4, -0.2) is 24.2 Å². The van der Waals surface area contributed by atoms with Gasteiger partial charge in [0, 0.05) is 5.69 Å². The lowest BCUT2D eigenvalue weighted by atomic mass is 9.74. The van der Waals surface area contributed by atoms with Crippen molar-refractivity contribution in [3.05, 3.63) is 29.1 Å². The molecular formula is C16H20F3NO2. The van der Waals surface area contributed by atoms with Gasteiger partial charge in [-0.05, 0) is 51.7 Å². The summed E-state index contributed by atoms with van der Waals surface area (Å²) in [4.78, 5) is 16.1. The predicted octanol–water partition coefficient (Wildman–Crippen LogP) is 3.59. The highest BCUT2D eigenvalue weighted by Gasteiger charge is 2.50. The number of carbonyl (C=O) groups excluding carboxylic acids is 1. The molecule has 0 bridgehead atoms. The number of esters is 1. The van der Waals surface area contributed by atoms with Gasteiger partial charge in [-0.3, -0.25) is 9.78 Å². The second kappa shape index (κ2) is 5.25. The molecule has 0 saturated carbocycles. The average molecular weight is 315 g/mol. The maximum absolute atomic E-state index is 13.1. The molecule has 22 heavy (non-hydrogen) atoms. The molecule has 2 rings (SSSR count). The van der Waals surface area contributed by atoms with Crippen LogP contribution in [0.25, 0.3) is 0 Å². The maximum Gasteiger partial charge on any atom is 0.399 e. The van der Waals surface area contributed by atoms with Crippen LogP contribution in [0, 0.1) is 5.41 Å². The normalized spacial score (nSPS) is 22.1. The van der Waals surface area contributed by atoms with Crippen molar-refractivity contribution in [1.82, 2.24) is 4.98 Å². The number of halogens is 3. The largest absolute Gasteiger partial charge is 0.469 e. The van der Waals surface area contributed by atoms with Crippen LogP contribution in [0.3, 0.4) is 0 Å². The van der Waals surface area contributed by atoms with E-state index in [2.05, 4.69) is 4.98 Å². The van der Waals surface area contributed by atoms with E-state index in [1.54, 1.807) is 6.07 Å². The van der Waals surface area contributed by atoms with Crippen molar-refractivity contribution in [2.75, 3.05) is 7.11 Å². The van der Waals surface area contributed by atoms with E-state index >= 15 is 0 Å². The molecule has 1 heterocycles. The van der Waals surface area contributed by atoms with Crippen LogP contribution in [0.4, 0.5) is 13.2 Å². The third kappa shape index (κ3) is 2.71. The van der Waals surface area contributed by atoms with Crippen LogP contribution < -0.4 is 0 Å². The number of aryl methyl sites for hydroxylation is 1. The fourth-order valence-electron chi connectivity index (χ4n) is 2.72. The number of aromatic nitrogens is 1. The van der Waals surface area contributed by atoms with E-state index in [9.17, 15) is 18.0 Å². The molecule has 0 aliphatic heterocycles. The van der Waals surface area contributed by atoms with Crippen molar-refractivity contribution in [1.29, 1.82) is 0 Å². The Morgan fingerprint density at radius 1 is 1.32 bits per heavy atom. The van der Waals surface area contributed by atoms with E-state index in [4.69, 9.17) is 4.74 Å². The van der Waals surface area contributed by atoms with Gasteiger partial charge in [-0.2, -0.15) is 13.2 Å². The summed E-state index contributed by atoms with van der Waals surface area (Å²) in [6.45, 7) is 4.07. The van der Waals surface area contributed by atoms with Crippen molar-refractivity contribution >= 4 is 5.97 Å². The van der Waals surface area contributed by atoms with Crippen LogP contribution in [0.15, 0.2) is 12.1 Å². The minimum absolute atomic E-state index is 0.0143.